The Balaban J connectivity index is 2.11. The number of carbonyl (C=O) groups is 1. The van der Waals surface area contributed by atoms with Gasteiger partial charge in [-0.3, -0.25) is 4.79 Å². The monoisotopic (exact) mass is 226 g/mol. The number of rotatable bonds is 2. The molecule has 74 valence electrons. The molecule has 0 aliphatic carbocycles. The van der Waals surface area contributed by atoms with Crippen molar-refractivity contribution < 1.29 is 4.79 Å². The zero-order chi connectivity index (χ0) is 10.1. The van der Waals surface area contributed by atoms with Crippen molar-refractivity contribution in [1.82, 2.24) is 4.98 Å². The average molecular weight is 226 g/mol. The van der Waals surface area contributed by atoms with Crippen molar-refractivity contribution >= 4 is 34.0 Å². The third-order valence-corrected chi connectivity index (χ3v) is 4.02. The summed E-state index contributed by atoms with van der Waals surface area (Å²) < 4.78 is 0. The van der Waals surface area contributed by atoms with Crippen molar-refractivity contribution in [2.75, 3.05) is 5.75 Å². The summed E-state index contributed by atoms with van der Waals surface area (Å²) in [4.78, 5) is 20.5. The fourth-order valence-corrected chi connectivity index (χ4v) is 2.97. The molecule has 0 aromatic carbocycles. The SMILES string of the molecule is Cc1nc(CC2=NC(=O)CS2)sc1C. The fraction of sp³-hybridized carbons (Fsp3) is 0.444. The van der Waals surface area contributed by atoms with Gasteiger partial charge in [0.15, 0.2) is 0 Å². The number of amides is 1. The smallest absolute Gasteiger partial charge is 0.256 e. The summed E-state index contributed by atoms with van der Waals surface area (Å²) in [5, 5.41) is 1.96. The molecular formula is C9H10N2OS2. The van der Waals surface area contributed by atoms with Gasteiger partial charge in [0.2, 0.25) is 0 Å². The van der Waals surface area contributed by atoms with Gasteiger partial charge in [-0.05, 0) is 13.8 Å². The number of thiazole rings is 1. The van der Waals surface area contributed by atoms with Gasteiger partial charge in [-0.25, -0.2) is 9.98 Å². The van der Waals surface area contributed by atoms with Crippen molar-refractivity contribution in [1.29, 1.82) is 0 Å². The van der Waals surface area contributed by atoms with E-state index in [0.717, 1.165) is 22.2 Å². The van der Waals surface area contributed by atoms with Crippen LogP contribution in [0.15, 0.2) is 4.99 Å². The number of aromatic nitrogens is 1. The lowest BCUT2D eigenvalue weighted by Gasteiger charge is -1.92. The fourth-order valence-electron chi connectivity index (χ4n) is 1.18. The molecule has 14 heavy (non-hydrogen) atoms. The highest BCUT2D eigenvalue weighted by atomic mass is 32.2. The normalized spacial score (nSPS) is 16.1. The standard InChI is InChI=1S/C9H10N2OS2/c1-5-6(2)14-9(10-5)3-8-11-7(12)4-13-8/h3-4H2,1-2H3. The molecule has 2 rings (SSSR count). The first-order valence-electron chi connectivity index (χ1n) is 4.31. The van der Waals surface area contributed by atoms with E-state index in [-0.39, 0.29) is 5.91 Å². The van der Waals surface area contributed by atoms with Gasteiger partial charge in [-0.2, -0.15) is 0 Å². The predicted octanol–water partition coefficient (Wildman–Crippen LogP) is 1.97. The maximum atomic E-state index is 10.9. The van der Waals surface area contributed by atoms with Gasteiger partial charge in [0.05, 0.1) is 21.5 Å². The molecule has 0 saturated carbocycles. The van der Waals surface area contributed by atoms with E-state index < -0.39 is 0 Å². The van der Waals surface area contributed by atoms with Crippen molar-refractivity contribution in [3.63, 3.8) is 0 Å². The molecule has 3 nitrogen and oxygen atoms in total. The van der Waals surface area contributed by atoms with Gasteiger partial charge in [-0.15, -0.1) is 23.1 Å². The minimum absolute atomic E-state index is 0.0185. The van der Waals surface area contributed by atoms with E-state index in [9.17, 15) is 4.79 Å². The van der Waals surface area contributed by atoms with Crippen LogP contribution in [0.2, 0.25) is 0 Å². The first kappa shape index (κ1) is 9.86. The highest BCUT2D eigenvalue weighted by Crippen LogP contribution is 2.22. The summed E-state index contributed by atoms with van der Waals surface area (Å²) in [6.07, 6.45) is 0.718. The largest absolute Gasteiger partial charge is 0.272 e. The number of hydrogen-bond acceptors (Lipinski definition) is 4. The molecule has 0 fully saturated rings. The molecule has 0 saturated heterocycles. The number of nitrogens with zero attached hydrogens (tertiary/aromatic N) is 2. The van der Waals surface area contributed by atoms with E-state index in [1.54, 1.807) is 11.3 Å². The second-order valence-electron chi connectivity index (χ2n) is 3.11. The van der Waals surface area contributed by atoms with Crippen LogP contribution in [-0.2, 0) is 11.2 Å². The molecule has 0 N–H and O–H groups in total. The molecule has 0 atom stereocenters. The Kier molecular flexibility index (Phi) is 2.69. The molecule has 2 heterocycles. The second-order valence-corrected chi connectivity index (χ2v) is 5.45. The Labute approximate surface area is 90.7 Å². The molecule has 0 unspecified atom stereocenters. The molecule has 1 aliphatic heterocycles. The van der Waals surface area contributed by atoms with E-state index in [1.807, 2.05) is 6.92 Å². The Hall–Kier alpha value is -0.680. The van der Waals surface area contributed by atoms with Gasteiger partial charge in [-0.1, -0.05) is 0 Å². The van der Waals surface area contributed by atoms with Gasteiger partial charge < -0.3 is 0 Å². The molecule has 0 spiro atoms. The predicted molar refractivity (Wildman–Crippen MR) is 60.2 cm³/mol. The van der Waals surface area contributed by atoms with Crippen LogP contribution in [0.1, 0.15) is 15.6 Å². The Morgan fingerprint density at radius 2 is 2.21 bits per heavy atom. The van der Waals surface area contributed by atoms with Crippen molar-refractivity contribution in [2.24, 2.45) is 4.99 Å². The first-order valence-corrected chi connectivity index (χ1v) is 6.11. The van der Waals surface area contributed by atoms with Gasteiger partial charge in [0, 0.05) is 11.3 Å². The lowest BCUT2D eigenvalue weighted by atomic mass is 10.4. The van der Waals surface area contributed by atoms with Crippen LogP contribution < -0.4 is 0 Å². The van der Waals surface area contributed by atoms with Gasteiger partial charge in [0.1, 0.15) is 0 Å². The summed E-state index contributed by atoms with van der Waals surface area (Å²) in [6, 6.07) is 0. The quantitative estimate of drug-likeness (QED) is 0.774. The number of hydrogen-bond donors (Lipinski definition) is 0. The summed E-state index contributed by atoms with van der Waals surface area (Å²) in [7, 11) is 0. The summed E-state index contributed by atoms with van der Waals surface area (Å²) in [5.74, 6) is 0.480. The van der Waals surface area contributed by atoms with Crippen molar-refractivity contribution in [3.05, 3.63) is 15.6 Å². The van der Waals surface area contributed by atoms with Gasteiger partial charge in [0.25, 0.3) is 5.91 Å². The molecule has 1 aromatic heterocycles. The van der Waals surface area contributed by atoms with Crippen LogP contribution in [0, 0.1) is 13.8 Å². The first-order chi connectivity index (χ1) is 6.65. The Bertz CT molecular complexity index is 389. The highest BCUT2D eigenvalue weighted by molar-refractivity contribution is 8.15. The van der Waals surface area contributed by atoms with E-state index in [4.69, 9.17) is 0 Å². The third-order valence-electron chi connectivity index (χ3n) is 1.99. The maximum Gasteiger partial charge on any atom is 0.256 e. The van der Waals surface area contributed by atoms with Crippen LogP contribution in [0.5, 0.6) is 0 Å². The van der Waals surface area contributed by atoms with E-state index in [2.05, 4.69) is 16.9 Å². The summed E-state index contributed by atoms with van der Waals surface area (Å²) in [6.45, 7) is 4.06. The minimum Gasteiger partial charge on any atom is -0.272 e. The van der Waals surface area contributed by atoms with Crippen LogP contribution in [0.3, 0.4) is 0 Å². The maximum absolute atomic E-state index is 10.9. The molecule has 0 bridgehead atoms. The number of carbonyl (C=O) groups excluding carboxylic acids is 1. The zero-order valence-electron chi connectivity index (χ0n) is 8.03. The summed E-state index contributed by atoms with van der Waals surface area (Å²) in [5.41, 5.74) is 1.08. The molecule has 0 radical (unpaired) electrons. The Morgan fingerprint density at radius 1 is 1.43 bits per heavy atom. The molecular weight excluding hydrogens is 216 g/mol. The lowest BCUT2D eigenvalue weighted by Crippen LogP contribution is -1.94. The Morgan fingerprint density at radius 3 is 2.71 bits per heavy atom. The van der Waals surface area contributed by atoms with Crippen LogP contribution in [0.4, 0.5) is 0 Å². The number of thioether (sulfide) groups is 1. The number of aryl methyl sites for hydroxylation is 2. The van der Waals surface area contributed by atoms with E-state index in [1.165, 1.54) is 16.6 Å². The minimum atomic E-state index is -0.0185. The molecule has 5 heteroatoms. The van der Waals surface area contributed by atoms with Crippen molar-refractivity contribution in [3.8, 4) is 0 Å². The van der Waals surface area contributed by atoms with Gasteiger partial charge >= 0.3 is 0 Å². The van der Waals surface area contributed by atoms with E-state index in [0.29, 0.717) is 5.75 Å². The average Bonchev–Trinajstić information content (AvgIpc) is 2.62. The number of aliphatic imine (C=N–C) groups is 1. The van der Waals surface area contributed by atoms with Crippen LogP contribution in [0.25, 0.3) is 0 Å². The molecule has 1 amide bonds. The van der Waals surface area contributed by atoms with Crippen molar-refractivity contribution in [2.45, 2.75) is 20.3 Å². The second kappa shape index (κ2) is 3.82. The van der Waals surface area contributed by atoms with E-state index >= 15 is 0 Å². The molecule has 1 aliphatic rings. The third kappa shape index (κ3) is 2.04. The molecule has 1 aromatic rings. The van der Waals surface area contributed by atoms with Crippen LogP contribution in [-0.4, -0.2) is 21.7 Å². The lowest BCUT2D eigenvalue weighted by molar-refractivity contribution is -0.115. The summed E-state index contributed by atoms with van der Waals surface area (Å²) >= 11 is 3.21. The zero-order valence-corrected chi connectivity index (χ0v) is 9.67. The van der Waals surface area contributed by atoms with Crippen LogP contribution >= 0.6 is 23.1 Å². The topological polar surface area (TPSA) is 42.3 Å². The highest BCUT2D eigenvalue weighted by Gasteiger charge is 2.16.